The van der Waals surface area contributed by atoms with Crippen molar-refractivity contribution in [1.29, 1.82) is 0 Å². The van der Waals surface area contributed by atoms with E-state index in [1.807, 2.05) is 5.32 Å². The van der Waals surface area contributed by atoms with Crippen molar-refractivity contribution in [3.05, 3.63) is 0 Å². The lowest BCUT2D eigenvalue weighted by molar-refractivity contribution is -0.152. The molecule has 10 heteroatoms. The summed E-state index contributed by atoms with van der Waals surface area (Å²) in [6.07, 6.45) is -2.20. The van der Waals surface area contributed by atoms with Crippen LogP contribution in [0, 0.1) is 0 Å². The summed E-state index contributed by atoms with van der Waals surface area (Å²) in [5.41, 5.74) is 0. The molecule has 0 aliphatic heterocycles. The fraction of sp³-hybridized carbons (Fsp3) is 0.667. The molecule has 19 heavy (non-hydrogen) atoms. The molecule has 0 heterocycles. The number of esters is 1. The van der Waals surface area contributed by atoms with Gasteiger partial charge in [0.1, 0.15) is 12.7 Å². The number of rotatable bonds is 5. The Morgan fingerprint density at radius 1 is 1.32 bits per heavy atom. The molecule has 0 aliphatic carbocycles. The Kier molecular flexibility index (Phi) is 7.25. The normalized spacial score (nSPS) is 14.2. The number of carboxylic acid groups (broad SMARTS) is 1. The minimum absolute atomic E-state index is 0.558. The van der Waals surface area contributed by atoms with Crippen LogP contribution in [0.5, 0.6) is 0 Å². The number of nitrogens with one attached hydrogen (secondary N) is 1. The molecule has 0 aromatic carbocycles. The van der Waals surface area contributed by atoms with E-state index < -0.39 is 40.6 Å². The zero-order chi connectivity index (χ0) is 15.2. The molecule has 0 spiro atoms. The van der Waals surface area contributed by atoms with Crippen molar-refractivity contribution in [3.8, 4) is 0 Å². The van der Waals surface area contributed by atoms with Gasteiger partial charge in [0.05, 0.1) is 0 Å². The standard InChI is InChI=1S/C9H12Cl3NO6/c1-4(19-5(2)14)6(7(15)16)13-8(17)18-3-9(10,11)12/h4,6H,3H2,1-2H3,(H,13,17)(H,15,16)/t4-,6-/m1/s1. The quantitative estimate of drug-likeness (QED) is 0.582. The highest BCUT2D eigenvalue weighted by molar-refractivity contribution is 6.67. The fourth-order valence-electron chi connectivity index (χ4n) is 1.03. The minimum atomic E-state index is -1.81. The first kappa shape index (κ1) is 18.1. The van der Waals surface area contributed by atoms with Crippen molar-refractivity contribution < 1.29 is 29.0 Å². The zero-order valence-corrected chi connectivity index (χ0v) is 12.3. The maximum atomic E-state index is 11.3. The largest absolute Gasteiger partial charge is 0.480 e. The van der Waals surface area contributed by atoms with Gasteiger partial charge in [-0.15, -0.1) is 0 Å². The van der Waals surface area contributed by atoms with Gasteiger partial charge in [-0.05, 0) is 6.92 Å². The number of amides is 1. The molecule has 1 amide bonds. The Morgan fingerprint density at radius 2 is 1.84 bits per heavy atom. The summed E-state index contributed by atoms with van der Waals surface area (Å²) in [7, 11) is 0. The number of carbonyl (C=O) groups excluding carboxylic acids is 2. The average Bonchev–Trinajstić information content (AvgIpc) is 2.20. The van der Waals surface area contributed by atoms with Crippen molar-refractivity contribution in [2.45, 2.75) is 29.8 Å². The molecule has 0 radical (unpaired) electrons. The molecule has 0 fully saturated rings. The van der Waals surface area contributed by atoms with Gasteiger partial charge < -0.3 is 19.9 Å². The van der Waals surface area contributed by atoms with E-state index in [4.69, 9.17) is 39.9 Å². The number of hydrogen-bond acceptors (Lipinski definition) is 5. The van der Waals surface area contributed by atoms with Gasteiger partial charge >= 0.3 is 18.0 Å². The molecule has 0 bridgehead atoms. The van der Waals surface area contributed by atoms with Gasteiger partial charge in [-0.2, -0.15) is 0 Å². The summed E-state index contributed by atoms with van der Waals surface area (Å²) in [5.74, 6) is -2.09. The maximum Gasteiger partial charge on any atom is 0.408 e. The van der Waals surface area contributed by atoms with Gasteiger partial charge in [-0.25, -0.2) is 9.59 Å². The smallest absolute Gasteiger partial charge is 0.408 e. The topological polar surface area (TPSA) is 102 Å². The van der Waals surface area contributed by atoms with Crippen LogP contribution in [0.3, 0.4) is 0 Å². The molecule has 0 unspecified atom stereocenters. The predicted molar refractivity (Wildman–Crippen MR) is 67.4 cm³/mol. The monoisotopic (exact) mass is 335 g/mol. The van der Waals surface area contributed by atoms with E-state index in [-0.39, 0.29) is 0 Å². The molecule has 0 aromatic heterocycles. The van der Waals surface area contributed by atoms with Gasteiger partial charge in [-0.3, -0.25) is 4.79 Å². The third-order valence-electron chi connectivity index (χ3n) is 1.73. The molecule has 110 valence electrons. The molecule has 2 atom stereocenters. The van der Waals surface area contributed by atoms with Crippen LogP contribution in [-0.4, -0.2) is 45.7 Å². The number of carboxylic acids is 1. The van der Waals surface area contributed by atoms with E-state index in [1.54, 1.807) is 0 Å². The molecule has 0 aliphatic rings. The van der Waals surface area contributed by atoms with Crippen molar-refractivity contribution in [2.75, 3.05) is 6.61 Å². The second-order valence-corrected chi connectivity index (χ2v) is 5.98. The number of hydrogen-bond donors (Lipinski definition) is 2. The van der Waals surface area contributed by atoms with Crippen molar-refractivity contribution in [3.63, 3.8) is 0 Å². The first-order valence-corrected chi connectivity index (χ1v) is 6.06. The SMILES string of the molecule is CC(=O)O[C@H](C)[C@@H](NC(=O)OCC(Cl)(Cl)Cl)C(=O)O. The molecule has 7 nitrogen and oxygen atoms in total. The highest BCUT2D eigenvalue weighted by Crippen LogP contribution is 2.25. The Hall–Kier alpha value is -0.920. The molecule has 2 N–H and O–H groups in total. The highest BCUT2D eigenvalue weighted by Gasteiger charge is 2.30. The second kappa shape index (κ2) is 7.62. The molecule has 0 saturated heterocycles. The number of ether oxygens (including phenoxy) is 2. The second-order valence-electron chi connectivity index (χ2n) is 3.47. The first-order chi connectivity index (χ1) is 8.53. The van der Waals surface area contributed by atoms with Crippen molar-refractivity contribution in [2.24, 2.45) is 0 Å². The fourth-order valence-corrected chi connectivity index (χ4v) is 1.19. The maximum absolute atomic E-state index is 11.3. The van der Waals surface area contributed by atoms with Gasteiger partial charge in [0.2, 0.25) is 3.79 Å². The van der Waals surface area contributed by atoms with Crippen LogP contribution < -0.4 is 5.32 Å². The first-order valence-electron chi connectivity index (χ1n) is 4.93. The van der Waals surface area contributed by atoms with Crippen LogP contribution in [0.2, 0.25) is 0 Å². The summed E-state index contributed by atoms with van der Waals surface area (Å²) in [4.78, 5) is 32.9. The summed E-state index contributed by atoms with van der Waals surface area (Å²) >= 11 is 16.0. The van der Waals surface area contributed by atoms with Crippen molar-refractivity contribution >= 4 is 52.8 Å². The molecular weight excluding hydrogens is 324 g/mol. The number of alkyl carbamates (subject to hydrolysis) is 1. The zero-order valence-electron chi connectivity index (χ0n) is 9.98. The summed E-state index contributed by atoms with van der Waals surface area (Å²) in [6, 6.07) is -1.48. The Balaban J connectivity index is 4.46. The van der Waals surface area contributed by atoms with E-state index in [0.29, 0.717) is 0 Å². The lowest BCUT2D eigenvalue weighted by Gasteiger charge is -2.21. The van der Waals surface area contributed by atoms with Crippen LogP contribution in [0.1, 0.15) is 13.8 Å². The van der Waals surface area contributed by atoms with Crippen LogP contribution in [0.25, 0.3) is 0 Å². The average molecular weight is 337 g/mol. The number of aliphatic carboxylic acids is 1. The number of alkyl halides is 3. The van der Waals surface area contributed by atoms with Crippen LogP contribution >= 0.6 is 34.8 Å². The molecule has 0 saturated carbocycles. The van der Waals surface area contributed by atoms with E-state index >= 15 is 0 Å². The predicted octanol–water partition coefficient (Wildman–Crippen LogP) is 1.49. The summed E-state index contributed by atoms with van der Waals surface area (Å²) in [6.45, 7) is 1.85. The molecular formula is C9H12Cl3NO6. The third kappa shape index (κ3) is 8.74. The lowest BCUT2D eigenvalue weighted by Crippen LogP contribution is -2.49. The van der Waals surface area contributed by atoms with Crippen LogP contribution in [0.15, 0.2) is 0 Å². The number of carbonyl (C=O) groups is 3. The third-order valence-corrected chi connectivity index (χ3v) is 2.05. The molecule has 0 aromatic rings. The number of halogens is 3. The Bertz CT molecular complexity index is 356. The Morgan fingerprint density at radius 3 is 2.21 bits per heavy atom. The van der Waals surface area contributed by atoms with E-state index in [2.05, 4.69) is 9.47 Å². The lowest BCUT2D eigenvalue weighted by atomic mass is 10.2. The summed E-state index contributed by atoms with van der Waals surface area (Å²) in [5, 5.41) is 10.9. The van der Waals surface area contributed by atoms with Gasteiger partial charge in [-0.1, -0.05) is 34.8 Å². The van der Waals surface area contributed by atoms with Gasteiger partial charge in [0, 0.05) is 6.92 Å². The Labute approximate surface area is 124 Å². The van der Waals surface area contributed by atoms with E-state index in [9.17, 15) is 14.4 Å². The molecule has 0 rings (SSSR count). The van der Waals surface area contributed by atoms with Gasteiger partial charge in [0.15, 0.2) is 6.04 Å². The van der Waals surface area contributed by atoms with E-state index in [0.717, 1.165) is 6.92 Å². The van der Waals surface area contributed by atoms with Gasteiger partial charge in [0.25, 0.3) is 0 Å². The van der Waals surface area contributed by atoms with Crippen LogP contribution in [0.4, 0.5) is 4.79 Å². The summed E-state index contributed by atoms with van der Waals surface area (Å²) < 4.78 is 7.34. The van der Waals surface area contributed by atoms with E-state index in [1.165, 1.54) is 6.92 Å². The highest BCUT2D eigenvalue weighted by atomic mass is 35.6. The van der Waals surface area contributed by atoms with Crippen LogP contribution in [-0.2, 0) is 19.1 Å². The minimum Gasteiger partial charge on any atom is -0.480 e. The van der Waals surface area contributed by atoms with Crippen molar-refractivity contribution in [1.82, 2.24) is 5.32 Å².